The van der Waals surface area contributed by atoms with Gasteiger partial charge in [0.2, 0.25) is 5.91 Å². The molecule has 0 aromatic rings. The van der Waals surface area contributed by atoms with Gasteiger partial charge in [0.25, 0.3) is 0 Å². The van der Waals surface area contributed by atoms with Crippen LogP contribution >= 0.6 is 0 Å². The quantitative estimate of drug-likeness (QED) is 0.823. The maximum Gasteiger partial charge on any atom is 0.239 e. The molecule has 19 heavy (non-hydrogen) atoms. The largest absolute Gasteiger partial charge is 0.347 e. The molecule has 0 spiro atoms. The molecule has 0 aromatic carbocycles. The molecule has 112 valence electrons. The smallest absolute Gasteiger partial charge is 0.239 e. The average Bonchev–Trinajstić information content (AvgIpc) is 2.31. The minimum Gasteiger partial charge on any atom is -0.347 e. The van der Waals surface area contributed by atoms with Crippen LogP contribution in [0.5, 0.6) is 0 Å². The van der Waals surface area contributed by atoms with Gasteiger partial charge in [-0.05, 0) is 45.7 Å². The molecule has 4 heteroatoms. The lowest BCUT2D eigenvalue weighted by Gasteiger charge is -2.37. The number of hydrogen-bond acceptors (Lipinski definition) is 3. The summed E-state index contributed by atoms with van der Waals surface area (Å²) in [6.45, 7) is 7.73. The normalized spacial score (nSPS) is 26.5. The van der Waals surface area contributed by atoms with Crippen LogP contribution in [0.15, 0.2) is 0 Å². The molecule has 1 heterocycles. The summed E-state index contributed by atoms with van der Waals surface area (Å²) in [7, 11) is 5.86. The summed E-state index contributed by atoms with van der Waals surface area (Å²) in [4.78, 5) is 16.4. The van der Waals surface area contributed by atoms with Crippen molar-refractivity contribution in [1.29, 1.82) is 0 Å². The lowest BCUT2D eigenvalue weighted by molar-refractivity contribution is -0.131. The lowest BCUT2D eigenvalue weighted by Crippen LogP contribution is -2.53. The van der Waals surface area contributed by atoms with Gasteiger partial charge in [-0.25, -0.2) is 0 Å². The van der Waals surface area contributed by atoms with Crippen LogP contribution in [-0.4, -0.2) is 61.5 Å². The molecular weight excluding hydrogens is 238 g/mol. The van der Waals surface area contributed by atoms with Crippen LogP contribution in [-0.2, 0) is 4.79 Å². The third-order valence-electron chi connectivity index (χ3n) is 4.09. The van der Waals surface area contributed by atoms with Crippen LogP contribution in [0, 0.1) is 5.92 Å². The molecule has 1 N–H and O–H groups in total. The topological polar surface area (TPSA) is 35.6 Å². The van der Waals surface area contributed by atoms with Gasteiger partial charge in [0, 0.05) is 26.2 Å². The fourth-order valence-corrected chi connectivity index (χ4v) is 2.75. The minimum atomic E-state index is -0.0318. The van der Waals surface area contributed by atoms with Gasteiger partial charge >= 0.3 is 0 Å². The second-order valence-corrected chi connectivity index (χ2v) is 6.63. The second-order valence-electron chi connectivity index (χ2n) is 6.63. The predicted molar refractivity (Wildman–Crippen MR) is 80.2 cm³/mol. The Balaban J connectivity index is 2.59. The first kappa shape index (κ1) is 16.4. The molecule has 0 aromatic heterocycles. The highest BCUT2D eigenvalue weighted by atomic mass is 16.2. The Kier molecular flexibility index (Phi) is 6.27. The highest BCUT2D eigenvalue weighted by Gasteiger charge is 2.28. The van der Waals surface area contributed by atoms with Gasteiger partial charge in [-0.1, -0.05) is 13.8 Å². The number of carbonyl (C=O) groups is 1. The number of rotatable bonds is 5. The summed E-state index contributed by atoms with van der Waals surface area (Å²) in [5.41, 5.74) is 0. The van der Waals surface area contributed by atoms with Gasteiger partial charge in [-0.3, -0.25) is 4.79 Å². The van der Waals surface area contributed by atoms with Crippen molar-refractivity contribution in [2.45, 2.75) is 58.2 Å². The SMILES string of the molecule is CC(C)CC(NC1CCN(C)C(C)C1)C(=O)N(C)C. The number of piperidine rings is 1. The molecule has 0 bridgehead atoms. The van der Waals surface area contributed by atoms with E-state index in [1.54, 1.807) is 4.90 Å². The Morgan fingerprint density at radius 2 is 2.05 bits per heavy atom. The van der Waals surface area contributed by atoms with Crippen LogP contribution in [0.25, 0.3) is 0 Å². The number of nitrogens with one attached hydrogen (secondary N) is 1. The van der Waals surface area contributed by atoms with Gasteiger partial charge in [0.1, 0.15) is 0 Å². The molecule has 0 saturated carbocycles. The van der Waals surface area contributed by atoms with E-state index < -0.39 is 0 Å². The third-order valence-corrected chi connectivity index (χ3v) is 4.09. The van der Waals surface area contributed by atoms with Crippen molar-refractivity contribution in [2.24, 2.45) is 5.92 Å². The third kappa shape index (κ3) is 5.11. The van der Waals surface area contributed by atoms with Gasteiger partial charge in [-0.2, -0.15) is 0 Å². The molecule has 1 aliphatic heterocycles. The molecule has 0 radical (unpaired) electrons. The van der Waals surface area contributed by atoms with Crippen molar-refractivity contribution in [3.8, 4) is 0 Å². The zero-order valence-corrected chi connectivity index (χ0v) is 13.4. The van der Waals surface area contributed by atoms with Crippen molar-refractivity contribution in [3.05, 3.63) is 0 Å². The number of carbonyl (C=O) groups excluding carboxylic acids is 1. The summed E-state index contributed by atoms with van der Waals surface area (Å²) < 4.78 is 0. The van der Waals surface area contributed by atoms with Gasteiger partial charge < -0.3 is 15.1 Å². The minimum absolute atomic E-state index is 0.0318. The van der Waals surface area contributed by atoms with E-state index in [-0.39, 0.29) is 11.9 Å². The van der Waals surface area contributed by atoms with Crippen molar-refractivity contribution in [2.75, 3.05) is 27.7 Å². The summed E-state index contributed by atoms with van der Waals surface area (Å²) in [5.74, 6) is 0.741. The van der Waals surface area contributed by atoms with Crippen LogP contribution < -0.4 is 5.32 Å². The van der Waals surface area contributed by atoms with E-state index >= 15 is 0 Å². The first-order valence-electron chi connectivity index (χ1n) is 7.48. The molecule has 1 aliphatic rings. The van der Waals surface area contributed by atoms with E-state index in [0.29, 0.717) is 18.0 Å². The standard InChI is InChI=1S/C15H31N3O/c1-11(2)9-14(15(19)17(4)5)16-13-7-8-18(6)12(3)10-13/h11-14,16H,7-10H2,1-6H3. The van der Waals surface area contributed by atoms with Crippen LogP contribution in [0.4, 0.5) is 0 Å². The van der Waals surface area contributed by atoms with Crippen molar-refractivity contribution >= 4 is 5.91 Å². The first-order valence-corrected chi connectivity index (χ1v) is 7.48. The summed E-state index contributed by atoms with van der Waals surface area (Å²) >= 11 is 0. The zero-order valence-electron chi connectivity index (χ0n) is 13.4. The molecule has 1 fully saturated rings. The Bertz CT molecular complexity index is 291. The molecule has 3 atom stereocenters. The maximum absolute atomic E-state index is 12.3. The van der Waals surface area contributed by atoms with E-state index in [9.17, 15) is 4.79 Å². The molecule has 0 aliphatic carbocycles. The van der Waals surface area contributed by atoms with Gasteiger partial charge in [-0.15, -0.1) is 0 Å². The van der Waals surface area contributed by atoms with Crippen LogP contribution in [0.3, 0.4) is 0 Å². The van der Waals surface area contributed by atoms with E-state index in [1.807, 2.05) is 14.1 Å². The van der Waals surface area contributed by atoms with E-state index in [2.05, 4.69) is 38.0 Å². The Morgan fingerprint density at radius 3 is 2.53 bits per heavy atom. The Morgan fingerprint density at radius 1 is 1.42 bits per heavy atom. The molecule has 1 amide bonds. The van der Waals surface area contributed by atoms with Gasteiger partial charge in [0.05, 0.1) is 6.04 Å². The fourth-order valence-electron chi connectivity index (χ4n) is 2.75. The first-order chi connectivity index (χ1) is 8.81. The number of likely N-dealkylation sites (N-methyl/N-ethyl adjacent to an activating group) is 1. The Labute approximate surface area is 118 Å². The maximum atomic E-state index is 12.3. The number of likely N-dealkylation sites (tertiary alicyclic amines) is 1. The van der Waals surface area contributed by atoms with Crippen molar-refractivity contribution in [1.82, 2.24) is 15.1 Å². The van der Waals surface area contributed by atoms with Crippen LogP contribution in [0.1, 0.15) is 40.0 Å². The van der Waals surface area contributed by atoms with Crippen molar-refractivity contribution < 1.29 is 4.79 Å². The summed E-state index contributed by atoms with van der Waals surface area (Å²) in [6.07, 6.45) is 3.18. The van der Waals surface area contributed by atoms with Crippen molar-refractivity contribution in [3.63, 3.8) is 0 Å². The molecule has 4 nitrogen and oxygen atoms in total. The highest BCUT2D eigenvalue weighted by molar-refractivity contribution is 5.81. The second kappa shape index (κ2) is 7.25. The molecule has 3 unspecified atom stereocenters. The molecular formula is C15H31N3O. The Hall–Kier alpha value is -0.610. The molecule has 1 saturated heterocycles. The number of amides is 1. The number of nitrogens with zero attached hydrogens (tertiary/aromatic N) is 2. The van der Waals surface area contributed by atoms with E-state index in [0.717, 1.165) is 25.8 Å². The molecule has 1 rings (SSSR count). The fraction of sp³-hybridized carbons (Fsp3) is 0.933. The average molecular weight is 269 g/mol. The monoisotopic (exact) mass is 269 g/mol. The number of hydrogen-bond donors (Lipinski definition) is 1. The van der Waals surface area contributed by atoms with Gasteiger partial charge in [0.15, 0.2) is 0 Å². The highest BCUT2D eigenvalue weighted by Crippen LogP contribution is 2.17. The van der Waals surface area contributed by atoms with Crippen LogP contribution in [0.2, 0.25) is 0 Å². The lowest BCUT2D eigenvalue weighted by atomic mass is 9.95. The summed E-state index contributed by atoms with van der Waals surface area (Å²) in [5, 5.41) is 3.60. The van der Waals surface area contributed by atoms with E-state index in [4.69, 9.17) is 0 Å². The van der Waals surface area contributed by atoms with E-state index in [1.165, 1.54) is 0 Å². The summed E-state index contributed by atoms with van der Waals surface area (Å²) in [6, 6.07) is 1.04. The zero-order chi connectivity index (χ0) is 14.6. The predicted octanol–water partition coefficient (Wildman–Crippen LogP) is 1.56.